The van der Waals surface area contributed by atoms with Crippen LogP contribution in [0.2, 0.25) is 0 Å². The summed E-state index contributed by atoms with van der Waals surface area (Å²) in [5, 5.41) is 5.52. The fourth-order valence-corrected chi connectivity index (χ4v) is 3.49. The lowest BCUT2D eigenvalue weighted by molar-refractivity contribution is -0.274. The lowest BCUT2D eigenvalue weighted by atomic mass is 10.0. The number of alkyl halides is 5. The van der Waals surface area contributed by atoms with Crippen LogP contribution in [0.4, 0.5) is 22.0 Å². The summed E-state index contributed by atoms with van der Waals surface area (Å²) in [4.78, 5) is 12.2. The van der Waals surface area contributed by atoms with E-state index in [4.69, 9.17) is 4.74 Å². The summed E-state index contributed by atoms with van der Waals surface area (Å²) in [6.45, 7) is 0.115. The van der Waals surface area contributed by atoms with Crippen molar-refractivity contribution in [2.75, 3.05) is 0 Å². The number of halogens is 5. The maximum Gasteiger partial charge on any atom is 0.573 e. The quantitative estimate of drug-likeness (QED) is 0.156. The number of hydrogen-bond acceptors (Lipinski definition) is 4. The molecule has 0 saturated carbocycles. The van der Waals surface area contributed by atoms with E-state index < -0.39 is 18.7 Å². The highest BCUT2D eigenvalue weighted by molar-refractivity contribution is 6.03. The second-order valence-electron chi connectivity index (χ2n) is 7.80. The summed E-state index contributed by atoms with van der Waals surface area (Å²) in [7, 11) is 0. The Balaban J connectivity index is 1.43. The van der Waals surface area contributed by atoms with E-state index in [1.54, 1.807) is 12.1 Å². The molecule has 0 spiro atoms. The largest absolute Gasteiger partial charge is 0.573 e. The molecule has 0 atom stereocenters. The summed E-state index contributed by atoms with van der Waals surface area (Å²) < 4.78 is 72.1. The van der Waals surface area contributed by atoms with Crippen LogP contribution in [0.1, 0.15) is 33.5 Å². The number of hydrazone groups is 1. The molecule has 0 aromatic heterocycles. The number of nitrogens with one attached hydrogen (secondary N) is 1. The fraction of sp³-hybridized carbons (Fsp3) is 0.111. The summed E-state index contributed by atoms with van der Waals surface area (Å²) in [5.74, 6) is -0.317. The number of carbonyl (C=O) groups is 1. The van der Waals surface area contributed by atoms with Crippen LogP contribution in [0.25, 0.3) is 10.8 Å². The van der Waals surface area contributed by atoms with Gasteiger partial charge in [-0.05, 0) is 47.3 Å². The van der Waals surface area contributed by atoms with Crippen molar-refractivity contribution in [3.05, 3.63) is 107 Å². The molecule has 37 heavy (non-hydrogen) atoms. The zero-order valence-corrected chi connectivity index (χ0v) is 19.0. The zero-order chi connectivity index (χ0) is 26.4. The van der Waals surface area contributed by atoms with Gasteiger partial charge in [-0.3, -0.25) is 4.79 Å². The summed E-state index contributed by atoms with van der Waals surface area (Å²) in [6.07, 6.45) is -5.92. The highest BCUT2D eigenvalue weighted by atomic mass is 19.4. The molecule has 190 valence electrons. The van der Waals surface area contributed by atoms with Crippen LogP contribution < -0.4 is 14.9 Å². The Hall–Kier alpha value is -4.47. The number of carbonyl (C=O) groups excluding carboxylic acids is 1. The first-order valence-electron chi connectivity index (χ1n) is 10.9. The lowest BCUT2D eigenvalue weighted by Gasteiger charge is -2.12. The number of ether oxygens (including phenoxy) is 2. The van der Waals surface area contributed by atoms with Gasteiger partial charge in [0.2, 0.25) is 0 Å². The number of benzene rings is 4. The van der Waals surface area contributed by atoms with E-state index >= 15 is 0 Å². The van der Waals surface area contributed by atoms with Gasteiger partial charge in [0.1, 0.15) is 18.1 Å². The first kappa shape index (κ1) is 25.6. The molecule has 4 aromatic rings. The average Bonchev–Trinajstić information content (AvgIpc) is 2.88. The highest BCUT2D eigenvalue weighted by Crippen LogP contribution is 2.29. The Morgan fingerprint density at radius 3 is 2.22 bits per heavy atom. The normalized spacial score (nSPS) is 11.7. The van der Waals surface area contributed by atoms with Gasteiger partial charge in [0.05, 0.1) is 6.21 Å². The third-order valence-corrected chi connectivity index (χ3v) is 5.26. The van der Waals surface area contributed by atoms with Crippen LogP contribution in [0.5, 0.6) is 11.5 Å². The van der Waals surface area contributed by atoms with E-state index in [1.165, 1.54) is 54.7 Å². The molecule has 0 unspecified atom stereocenters. The Kier molecular flexibility index (Phi) is 7.66. The van der Waals surface area contributed by atoms with E-state index in [-0.39, 0.29) is 23.5 Å². The highest BCUT2D eigenvalue weighted by Gasteiger charge is 2.30. The molecule has 5 nitrogen and oxygen atoms in total. The molecule has 0 aliphatic carbocycles. The SMILES string of the molecule is O=C(N/N=C/c1ccc(OCc2ccc(OC(F)(F)F)cc2)c2ccccc12)c1ccc(C(F)F)cc1. The van der Waals surface area contributed by atoms with Crippen molar-refractivity contribution in [3.63, 3.8) is 0 Å². The third kappa shape index (κ3) is 6.81. The summed E-state index contributed by atoms with van der Waals surface area (Å²) >= 11 is 0. The first-order chi connectivity index (χ1) is 17.7. The molecule has 0 aliphatic heterocycles. The number of fused-ring (bicyclic) bond motifs is 1. The molecule has 0 radical (unpaired) electrons. The molecule has 10 heteroatoms. The Morgan fingerprint density at radius 1 is 0.892 bits per heavy atom. The van der Waals surface area contributed by atoms with E-state index in [0.29, 0.717) is 16.9 Å². The van der Waals surface area contributed by atoms with Crippen LogP contribution >= 0.6 is 0 Å². The van der Waals surface area contributed by atoms with Gasteiger partial charge >= 0.3 is 6.36 Å². The van der Waals surface area contributed by atoms with Gasteiger partial charge in [-0.2, -0.15) is 5.10 Å². The maximum atomic E-state index is 12.7. The second kappa shape index (κ2) is 11.1. The van der Waals surface area contributed by atoms with Crippen molar-refractivity contribution in [2.45, 2.75) is 19.4 Å². The zero-order valence-electron chi connectivity index (χ0n) is 19.0. The fourth-order valence-electron chi connectivity index (χ4n) is 3.49. The Bertz CT molecular complexity index is 1400. The van der Waals surface area contributed by atoms with Crippen LogP contribution in [0.15, 0.2) is 90.0 Å². The molecule has 0 bridgehead atoms. The Labute approximate surface area is 208 Å². The predicted molar refractivity (Wildman–Crippen MR) is 128 cm³/mol. The standard InChI is InChI=1S/C27H19F5N2O3/c28-25(29)18-7-9-19(10-8-18)26(35)34-33-15-20-11-14-24(23-4-2-1-3-22(20)23)36-16-17-5-12-21(13-6-17)37-27(30,31)32/h1-15,25H,16H2,(H,34,35)/b33-15+. The van der Waals surface area contributed by atoms with Crippen molar-refractivity contribution >= 4 is 22.9 Å². The van der Waals surface area contributed by atoms with Crippen molar-refractivity contribution in [1.82, 2.24) is 5.43 Å². The second-order valence-corrected chi connectivity index (χ2v) is 7.80. The smallest absolute Gasteiger partial charge is 0.488 e. The van der Waals surface area contributed by atoms with Gasteiger partial charge in [-0.15, -0.1) is 13.2 Å². The molecule has 1 N–H and O–H groups in total. The minimum absolute atomic E-state index is 0.115. The molecule has 0 fully saturated rings. The summed E-state index contributed by atoms with van der Waals surface area (Å²) in [5.41, 5.74) is 3.71. The van der Waals surface area contributed by atoms with E-state index in [0.717, 1.165) is 10.8 Å². The van der Waals surface area contributed by atoms with Crippen LogP contribution in [-0.2, 0) is 6.61 Å². The monoisotopic (exact) mass is 514 g/mol. The average molecular weight is 514 g/mol. The molecular formula is C27H19F5N2O3. The van der Waals surface area contributed by atoms with Gasteiger partial charge in [0.25, 0.3) is 12.3 Å². The molecule has 0 saturated heterocycles. The predicted octanol–water partition coefficient (Wildman–Crippen LogP) is 7.02. The molecule has 4 aromatic carbocycles. The molecule has 0 aliphatic rings. The minimum Gasteiger partial charge on any atom is -0.488 e. The van der Waals surface area contributed by atoms with E-state index in [2.05, 4.69) is 15.3 Å². The van der Waals surface area contributed by atoms with Gasteiger partial charge in [0, 0.05) is 22.1 Å². The van der Waals surface area contributed by atoms with Crippen LogP contribution in [0.3, 0.4) is 0 Å². The van der Waals surface area contributed by atoms with Crippen molar-refractivity contribution < 1.29 is 36.2 Å². The number of hydrogen-bond donors (Lipinski definition) is 1. The molecule has 1 amide bonds. The van der Waals surface area contributed by atoms with Gasteiger partial charge < -0.3 is 9.47 Å². The maximum absolute atomic E-state index is 12.7. The minimum atomic E-state index is -4.76. The van der Waals surface area contributed by atoms with Crippen molar-refractivity contribution in [2.24, 2.45) is 5.10 Å². The number of nitrogens with zero attached hydrogens (tertiary/aromatic N) is 1. The van der Waals surface area contributed by atoms with Crippen molar-refractivity contribution in [1.29, 1.82) is 0 Å². The molecular weight excluding hydrogens is 495 g/mol. The van der Waals surface area contributed by atoms with Gasteiger partial charge in [-0.25, -0.2) is 14.2 Å². The van der Waals surface area contributed by atoms with E-state index in [9.17, 15) is 26.7 Å². The van der Waals surface area contributed by atoms with Gasteiger partial charge in [0.15, 0.2) is 0 Å². The van der Waals surface area contributed by atoms with Crippen LogP contribution in [0, 0.1) is 0 Å². The molecule has 0 heterocycles. The number of rotatable bonds is 8. The van der Waals surface area contributed by atoms with Gasteiger partial charge in [-0.1, -0.05) is 48.5 Å². The van der Waals surface area contributed by atoms with Crippen LogP contribution in [-0.4, -0.2) is 18.5 Å². The lowest BCUT2D eigenvalue weighted by Crippen LogP contribution is -2.17. The first-order valence-corrected chi connectivity index (χ1v) is 10.9. The summed E-state index contributed by atoms with van der Waals surface area (Å²) in [6, 6.07) is 21.1. The van der Waals surface area contributed by atoms with E-state index in [1.807, 2.05) is 24.3 Å². The molecule has 4 rings (SSSR count). The Morgan fingerprint density at radius 2 is 1.57 bits per heavy atom. The third-order valence-electron chi connectivity index (χ3n) is 5.26. The topological polar surface area (TPSA) is 59.9 Å². The number of amides is 1. The van der Waals surface area contributed by atoms with Crippen molar-refractivity contribution in [3.8, 4) is 11.5 Å².